The molecule has 94 valence electrons. The maximum Gasteiger partial charge on any atom is 0.307 e. The lowest BCUT2D eigenvalue weighted by Gasteiger charge is -2.11. The number of benzene rings is 1. The van der Waals surface area contributed by atoms with E-state index < -0.39 is 0 Å². The molecule has 1 aromatic rings. The molecule has 0 fully saturated rings. The molecule has 1 unspecified atom stereocenters. The molecule has 0 radical (unpaired) electrons. The molecule has 0 bridgehead atoms. The third-order valence-electron chi connectivity index (χ3n) is 2.42. The van der Waals surface area contributed by atoms with Crippen LogP contribution in [-0.4, -0.2) is 12.6 Å². The molecule has 0 amide bonds. The molecule has 2 N–H and O–H groups in total. The summed E-state index contributed by atoms with van der Waals surface area (Å²) in [5.41, 5.74) is 6.94. The average molecular weight is 347 g/mol. The maximum atomic E-state index is 11.5. The molecule has 0 aromatic heterocycles. The predicted octanol–water partition coefficient (Wildman–Crippen LogP) is 3.02. The number of ether oxygens (including phenoxy) is 1. The Labute approximate surface area is 116 Å². The number of nitrogens with two attached hydrogens (primary N) is 1. The largest absolute Gasteiger partial charge is 0.466 e. The van der Waals surface area contributed by atoms with Crippen LogP contribution in [0, 0.1) is 3.57 Å². The minimum atomic E-state index is -0.279. The highest BCUT2D eigenvalue weighted by Gasteiger charge is 2.12. The molecule has 0 aliphatic heterocycles. The Balaban J connectivity index is 2.43. The van der Waals surface area contributed by atoms with E-state index in [0.29, 0.717) is 6.61 Å². The zero-order valence-corrected chi connectivity index (χ0v) is 12.1. The third kappa shape index (κ3) is 5.50. The fraction of sp³-hybridized carbons (Fsp3) is 0.462. The van der Waals surface area contributed by atoms with E-state index in [4.69, 9.17) is 10.5 Å². The second kappa shape index (κ2) is 7.66. The summed E-state index contributed by atoms with van der Waals surface area (Å²) in [5.74, 6) is -0.218. The van der Waals surface area contributed by atoms with Gasteiger partial charge in [-0.25, -0.2) is 0 Å². The van der Waals surface area contributed by atoms with Crippen LogP contribution >= 0.6 is 22.6 Å². The normalized spacial score (nSPS) is 12.2. The van der Waals surface area contributed by atoms with Crippen molar-refractivity contribution in [1.29, 1.82) is 0 Å². The van der Waals surface area contributed by atoms with Gasteiger partial charge >= 0.3 is 5.97 Å². The highest BCUT2D eigenvalue weighted by molar-refractivity contribution is 14.1. The third-order valence-corrected chi connectivity index (χ3v) is 3.10. The fourth-order valence-corrected chi connectivity index (χ4v) is 1.99. The van der Waals surface area contributed by atoms with Gasteiger partial charge in [-0.1, -0.05) is 25.5 Å². The molecule has 0 saturated heterocycles. The summed E-state index contributed by atoms with van der Waals surface area (Å²) >= 11 is 2.23. The van der Waals surface area contributed by atoms with Crippen LogP contribution in [0.1, 0.15) is 37.8 Å². The zero-order chi connectivity index (χ0) is 12.7. The molecular weight excluding hydrogens is 329 g/mol. The summed E-state index contributed by atoms with van der Waals surface area (Å²) in [6, 6.07) is 7.59. The highest BCUT2D eigenvalue weighted by Crippen LogP contribution is 2.17. The van der Waals surface area contributed by atoms with Crippen molar-refractivity contribution in [2.45, 2.75) is 32.2 Å². The van der Waals surface area contributed by atoms with Crippen molar-refractivity contribution >= 4 is 28.6 Å². The molecule has 0 aliphatic carbocycles. The Bertz CT molecular complexity index is 368. The quantitative estimate of drug-likeness (QED) is 0.489. The second-order valence-electron chi connectivity index (χ2n) is 3.94. The Hall–Kier alpha value is -0.620. The van der Waals surface area contributed by atoms with Gasteiger partial charge in [0.05, 0.1) is 13.0 Å². The number of carbonyl (C=O) groups excluding carboxylic acids is 1. The molecule has 1 atom stereocenters. The lowest BCUT2D eigenvalue weighted by molar-refractivity contribution is -0.144. The number of hydrogen-bond donors (Lipinski definition) is 1. The highest BCUT2D eigenvalue weighted by atomic mass is 127. The van der Waals surface area contributed by atoms with Crippen molar-refractivity contribution in [1.82, 2.24) is 0 Å². The summed E-state index contributed by atoms with van der Waals surface area (Å²) < 4.78 is 6.20. The summed E-state index contributed by atoms with van der Waals surface area (Å²) in [6.07, 6.45) is 2.17. The fourth-order valence-electron chi connectivity index (χ4n) is 1.42. The van der Waals surface area contributed by atoms with E-state index in [2.05, 4.69) is 29.5 Å². The van der Waals surface area contributed by atoms with Crippen LogP contribution in [0.25, 0.3) is 0 Å². The van der Waals surface area contributed by atoms with Crippen LogP contribution in [0.15, 0.2) is 24.3 Å². The van der Waals surface area contributed by atoms with Gasteiger partial charge in [0.1, 0.15) is 0 Å². The second-order valence-corrected chi connectivity index (χ2v) is 5.19. The Kier molecular flexibility index (Phi) is 6.50. The molecule has 4 heteroatoms. The van der Waals surface area contributed by atoms with Crippen LogP contribution < -0.4 is 5.73 Å². The van der Waals surface area contributed by atoms with Crippen LogP contribution in [-0.2, 0) is 9.53 Å². The molecule has 1 rings (SSSR count). The van der Waals surface area contributed by atoms with Crippen molar-refractivity contribution in [2.75, 3.05) is 6.61 Å². The van der Waals surface area contributed by atoms with E-state index in [1.54, 1.807) is 0 Å². The van der Waals surface area contributed by atoms with Crippen molar-refractivity contribution < 1.29 is 9.53 Å². The van der Waals surface area contributed by atoms with Gasteiger partial charge in [-0.3, -0.25) is 4.79 Å². The van der Waals surface area contributed by atoms with Crippen LogP contribution in [0.2, 0.25) is 0 Å². The van der Waals surface area contributed by atoms with E-state index in [-0.39, 0.29) is 18.4 Å². The first-order valence-electron chi connectivity index (χ1n) is 5.80. The first-order chi connectivity index (χ1) is 8.13. The molecule has 3 nitrogen and oxygen atoms in total. The minimum absolute atomic E-state index is 0.218. The Morgan fingerprint density at radius 2 is 2.29 bits per heavy atom. The van der Waals surface area contributed by atoms with Gasteiger partial charge in [0.25, 0.3) is 0 Å². The van der Waals surface area contributed by atoms with Crippen molar-refractivity contribution in [3.05, 3.63) is 33.4 Å². The maximum absolute atomic E-state index is 11.5. The van der Waals surface area contributed by atoms with Crippen LogP contribution in [0.3, 0.4) is 0 Å². The monoisotopic (exact) mass is 347 g/mol. The predicted molar refractivity (Wildman–Crippen MR) is 76.6 cm³/mol. The van der Waals surface area contributed by atoms with E-state index in [0.717, 1.165) is 22.0 Å². The van der Waals surface area contributed by atoms with Crippen molar-refractivity contribution in [2.24, 2.45) is 5.73 Å². The van der Waals surface area contributed by atoms with Gasteiger partial charge < -0.3 is 10.5 Å². The van der Waals surface area contributed by atoms with Gasteiger partial charge in [0.2, 0.25) is 0 Å². The van der Waals surface area contributed by atoms with E-state index in [1.807, 2.05) is 24.3 Å². The molecule has 1 aromatic carbocycles. The smallest absolute Gasteiger partial charge is 0.307 e. The lowest BCUT2D eigenvalue weighted by Crippen LogP contribution is -2.17. The summed E-state index contributed by atoms with van der Waals surface area (Å²) in [4.78, 5) is 11.5. The Morgan fingerprint density at radius 3 is 2.94 bits per heavy atom. The van der Waals surface area contributed by atoms with Gasteiger partial charge in [0.15, 0.2) is 0 Å². The van der Waals surface area contributed by atoms with Crippen LogP contribution in [0.4, 0.5) is 0 Å². The molecular formula is C13H18INO2. The van der Waals surface area contributed by atoms with Gasteiger partial charge in [-0.2, -0.15) is 0 Å². The molecule has 0 spiro atoms. The standard InChI is InChI=1S/C13H18INO2/c1-2-3-7-17-13(16)9-12(15)10-5-4-6-11(14)8-10/h4-6,8,12H,2-3,7,9,15H2,1H3. The van der Waals surface area contributed by atoms with E-state index in [9.17, 15) is 4.79 Å². The summed E-state index contributed by atoms with van der Waals surface area (Å²) in [7, 11) is 0. The molecule has 0 aliphatic rings. The van der Waals surface area contributed by atoms with Gasteiger partial charge in [-0.15, -0.1) is 0 Å². The lowest BCUT2D eigenvalue weighted by atomic mass is 10.1. The van der Waals surface area contributed by atoms with Crippen molar-refractivity contribution in [3.63, 3.8) is 0 Å². The van der Waals surface area contributed by atoms with Gasteiger partial charge in [0, 0.05) is 9.61 Å². The van der Waals surface area contributed by atoms with E-state index in [1.165, 1.54) is 0 Å². The number of unbranched alkanes of at least 4 members (excludes halogenated alkanes) is 1. The number of halogens is 1. The summed E-state index contributed by atoms with van der Waals surface area (Å²) in [5, 5.41) is 0. The molecule has 0 saturated carbocycles. The average Bonchev–Trinajstić information content (AvgIpc) is 2.29. The topological polar surface area (TPSA) is 52.3 Å². The zero-order valence-electron chi connectivity index (χ0n) is 9.99. The molecule has 17 heavy (non-hydrogen) atoms. The number of esters is 1. The minimum Gasteiger partial charge on any atom is -0.466 e. The molecule has 0 heterocycles. The first-order valence-corrected chi connectivity index (χ1v) is 6.88. The SMILES string of the molecule is CCCCOC(=O)CC(N)c1cccc(I)c1. The Morgan fingerprint density at radius 1 is 1.53 bits per heavy atom. The van der Waals surface area contributed by atoms with Gasteiger partial charge in [-0.05, 0) is 46.7 Å². The first kappa shape index (κ1) is 14.4. The number of hydrogen-bond acceptors (Lipinski definition) is 3. The van der Waals surface area contributed by atoms with Crippen LogP contribution in [0.5, 0.6) is 0 Å². The number of carbonyl (C=O) groups is 1. The van der Waals surface area contributed by atoms with Crippen molar-refractivity contribution in [3.8, 4) is 0 Å². The van der Waals surface area contributed by atoms with E-state index >= 15 is 0 Å². The summed E-state index contributed by atoms with van der Waals surface area (Å²) in [6.45, 7) is 2.56. The number of rotatable bonds is 6.